The van der Waals surface area contributed by atoms with Crippen molar-refractivity contribution in [2.75, 3.05) is 23.7 Å². The van der Waals surface area contributed by atoms with Gasteiger partial charge in [0.15, 0.2) is 9.84 Å². The molecule has 0 aliphatic carbocycles. The Kier molecular flexibility index (Phi) is 4.16. The predicted molar refractivity (Wildman–Crippen MR) is 76.2 cm³/mol. The number of anilines is 1. The third-order valence-electron chi connectivity index (χ3n) is 3.84. The number of aliphatic hydroxyl groups is 1. The lowest BCUT2D eigenvalue weighted by molar-refractivity contribution is 0.103. The summed E-state index contributed by atoms with van der Waals surface area (Å²) in [4.78, 5) is 2.35. The highest BCUT2D eigenvalue weighted by molar-refractivity contribution is 7.91. The van der Waals surface area contributed by atoms with Crippen molar-refractivity contribution in [2.24, 2.45) is 5.92 Å². The maximum atomic E-state index is 12.1. The number of hydrogen-bond donors (Lipinski definition) is 1. The average Bonchev–Trinajstić information content (AvgIpc) is 2.42. The summed E-state index contributed by atoms with van der Waals surface area (Å²) in [7, 11) is -3.23. The van der Waals surface area contributed by atoms with Crippen LogP contribution in [0.4, 0.5) is 5.69 Å². The minimum absolute atomic E-state index is 0.0941. The first-order valence-electron chi connectivity index (χ1n) is 6.70. The molecule has 2 atom stereocenters. The molecule has 0 saturated carbocycles. The summed E-state index contributed by atoms with van der Waals surface area (Å²) in [6.07, 6.45) is 0.480. The molecule has 1 saturated heterocycles. The van der Waals surface area contributed by atoms with Crippen LogP contribution in [0, 0.1) is 5.92 Å². The van der Waals surface area contributed by atoms with Gasteiger partial charge in [-0.1, -0.05) is 26.0 Å². The fourth-order valence-corrected chi connectivity index (χ4v) is 3.52. The van der Waals surface area contributed by atoms with E-state index in [0.717, 1.165) is 18.7 Å². The van der Waals surface area contributed by atoms with Crippen molar-refractivity contribution in [2.45, 2.75) is 31.3 Å². The van der Waals surface area contributed by atoms with E-state index >= 15 is 0 Å². The van der Waals surface area contributed by atoms with Crippen LogP contribution in [0.5, 0.6) is 0 Å². The largest absolute Gasteiger partial charge is 0.391 e. The molecule has 1 fully saturated rings. The quantitative estimate of drug-likeness (QED) is 0.917. The molecule has 0 aromatic heterocycles. The second-order valence-electron chi connectivity index (χ2n) is 5.15. The van der Waals surface area contributed by atoms with Gasteiger partial charge in [0.2, 0.25) is 0 Å². The van der Waals surface area contributed by atoms with Crippen LogP contribution >= 0.6 is 0 Å². The van der Waals surface area contributed by atoms with E-state index in [2.05, 4.69) is 0 Å². The molecule has 1 N–H and O–H groups in total. The molecule has 2 rings (SSSR count). The molecular formula is C14H21NO3S. The van der Waals surface area contributed by atoms with Gasteiger partial charge in [0.1, 0.15) is 0 Å². The van der Waals surface area contributed by atoms with Gasteiger partial charge in [0.25, 0.3) is 0 Å². The summed E-state index contributed by atoms with van der Waals surface area (Å²) in [6.45, 7) is 4.96. The topological polar surface area (TPSA) is 57.6 Å². The fraction of sp³-hybridized carbons (Fsp3) is 0.571. The molecule has 0 bridgehead atoms. The van der Waals surface area contributed by atoms with Crippen LogP contribution in [-0.2, 0) is 9.84 Å². The van der Waals surface area contributed by atoms with Crippen LogP contribution in [0.3, 0.4) is 0 Å². The van der Waals surface area contributed by atoms with Crippen LogP contribution < -0.4 is 4.90 Å². The summed E-state index contributed by atoms with van der Waals surface area (Å²) >= 11 is 0. The van der Waals surface area contributed by atoms with E-state index in [4.69, 9.17) is 0 Å². The van der Waals surface area contributed by atoms with E-state index in [9.17, 15) is 13.5 Å². The van der Waals surface area contributed by atoms with Crippen molar-refractivity contribution < 1.29 is 13.5 Å². The van der Waals surface area contributed by atoms with Crippen LogP contribution in [0.15, 0.2) is 29.2 Å². The van der Waals surface area contributed by atoms with Crippen molar-refractivity contribution in [1.82, 2.24) is 0 Å². The normalized spacial score (nSPS) is 24.5. The summed E-state index contributed by atoms with van der Waals surface area (Å²) in [6, 6.07) is 7.06. The maximum absolute atomic E-state index is 12.1. The molecular weight excluding hydrogens is 262 g/mol. The zero-order valence-corrected chi connectivity index (χ0v) is 12.2. The predicted octanol–water partition coefficient (Wildman–Crippen LogP) is 1.69. The highest BCUT2D eigenvalue weighted by atomic mass is 32.2. The molecule has 19 heavy (non-hydrogen) atoms. The molecule has 0 spiro atoms. The van der Waals surface area contributed by atoms with E-state index in [1.807, 2.05) is 24.0 Å². The Morgan fingerprint density at radius 3 is 2.68 bits per heavy atom. The number of rotatable bonds is 3. The summed E-state index contributed by atoms with van der Waals surface area (Å²) in [5.41, 5.74) is 0.718. The van der Waals surface area contributed by atoms with Gasteiger partial charge in [-0.3, -0.25) is 0 Å². The molecule has 1 heterocycles. The summed E-state index contributed by atoms with van der Waals surface area (Å²) < 4.78 is 24.2. The Labute approximate surface area is 115 Å². The lowest BCUT2D eigenvalue weighted by Crippen LogP contribution is -2.43. The summed E-state index contributed by atoms with van der Waals surface area (Å²) in [5, 5.41) is 9.97. The number of benzene rings is 1. The SMILES string of the molecule is CCS(=O)(=O)c1ccccc1N1CC[C@@H](C)[C@@H](O)C1. The van der Waals surface area contributed by atoms with Gasteiger partial charge in [-0.05, 0) is 24.5 Å². The number of sulfone groups is 1. The standard InChI is InChI=1S/C14H21NO3S/c1-3-19(17,18)14-7-5-4-6-12(14)15-9-8-11(2)13(16)10-15/h4-7,11,13,16H,3,8-10H2,1-2H3/t11-,13+/m1/s1. The molecule has 4 nitrogen and oxygen atoms in total. The third-order valence-corrected chi connectivity index (χ3v) is 5.62. The number of hydrogen-bond acceptors (Lipinski definition) is 4. The van der Waals surface area contributed by atoms with Gasteiger partial charge < -0.3 is 10.0 Å². The minimum atomic E-state index is -3.23. The van der Waals surface area contributed by atoms with Gasteiger partial charge in [0, 0.05) is 13.1 Å². The van der Waals surface area contributed by atoms with Gasteiger partial charge in [0.05, 0.1) is 22.4 Å². The molecule has 0 unspecified atom stereocenters. The van der Waals surface area contributed by atoms with E-state index in [1.165, 1.54) is 0 Å². The monoisotopic (exact) mass is 283 g/mol. The molecule has 0 radical (unpaired) electrons. The molecule has 1 aromatic carbocycles. The lowest BCUT2D eigenvalue weighted by Gasteiger charge is -2.36. The minimum Gasteiger partial charge on any atom is -0.391 e. The first-order valence-corrected chi connectivity index (χ1v) is 8.35. The fourth-order valence-electron chi connectivity index (χ4n) is 2.40. The Hall–Kier alpha value is -1.07. The Balaban J connectivity index is 2.36. The van der Waals surface area contributed by atoms with Gasteiger partial charge in [-0.15, -0.1) is 0 Å². The third kappa shape index (κ3) is 2.92. The van der Waals surface area contributed by atoms with Crippen LogP contribution in [0.2, 0.25) is 0 Å². The Morgan fingerprint density at radius 2 is 2.05 bits per heavy atom. The summed E-state index contributed by atoms with van der Waals surface area (Å²) in [5.74, 6) is 0.364. The molecule has 106 valence electrons. The first kappa shape index (κ1) is 14.3. The number of para-hydroxylation sites is 1. The maximum Gasteiger partial charge on any atom is 0.180 e. The number of aliphatic hydroxyl groups excluding tert-OH is 1. The second-order valence-corrected chi connectivity index (χ2v) is 7.40. The van der Waals surface area contributed by atoms with E-state index in [-0.39, 0.29) is 11.7 Å². The van der Waals surface area contributed by atoms with Crippen LogP contribution in [0.25, 0.3) is 0 Å². The Morgan fingerprint density at radius 1 is 1.37 bits per heavy atom. The van der Waals surface area contributed by atoms with Crippen LogP contribution in [0.1, 0.15) is 20.3 Å². The number of piperidine rings is 1. The molecule has 0 amide bonds. The van der Waals surface area contributed by atoms with Crippen molar-refractivity contribution in [1.29, 1.82) is 0 Å². The number of β-amino-alcohol motifs (C(OH)–C–C–N with tert-alkyl or cyclic N) is 1. The van der Waals surface area contributed by atoms with Crippen molar-refractivity contribution in [3.05, 3.63) is 24.3 Å². The van der Waals surface area contributed by atoms with Gasteiger partial charge >= 0.3 is 0 Å². The van der Waals surface area contributed by atoms with Gasteiger partial charge in [-0.2, -0.15) is 0 Å². The van der Waals surface area contributed by atoms with E-state index in [0.29, 0.717) is 11.4 Å². The van der Waals surface area contributed by atoms with Crippen LogP contribution in [-0.4, -0.2) is 38.5 Å². The van der Waals surface area contributed by atoms with Crippen molar-refractivity contribution in [3.8, 4) is 0 Å². The highest BCUT2D eigenvalue weighted by Crippen LogP contribution is 2.29. The van der Waals surface area contributed by atoms with Gasteiger partial charge in [-0.25, -0.2) is 8.42 Å². The van der Waals surface area contributed by atoms with E-state index < -0.39 is 15.9 Å². The smallest absolute Gasteiger partial charge is 0.180 e. The zero-order valence-electron chi connectivity index (χ0n) is 11.4. The number of nitrogens with zero attached hydrogens (tertiary/aromatic N) is 1. The molecule has 1 aliphatic heterocycles. The van der Waals surface area contributed by atoms with Crippen molar-refractivity contribution in [3.63, 3.8) is 0 Å². The molecule has 1 aromatic rings. The molecule has 5 heteroatoms. The lowest BCUT2D eigenvalue weighted by atomic mass is 9.96. The van der Waals surface area contributed by atoms with E-state index in [1.54, 1.807) is 19.1 Å². The Bertz CT molecular complexity index is 541. The highest BCUT2D eigenvalue weighted by Gasteiger charge is 2.27. The average molecular weight is 283 g/mol. The molecule has 1 aliphatic rings. The second kappa shape index (κ2) is 5.51. The zero-order chi connectivity index (χ0) is 14.0. The van der Waals surface area contributed by atoms with Crippen molar-refractivity contribution >= 4 is 15.5 Å². The first-order chi connectivity index (χ1) is 8.95.